The lowest BCUT2D eigenvalue weighted by Gasteiger charge is -2.32. The normalized spacial score (nSPS) is 16.4. The summed E-state index contributed by atoms with van der Waals surface area (Å²) in [5, 5.41) is 2.98. The Hall–Kier alpha value is -1.38. The number of hydrogen-bond donors (Lipinski definition) is 1. The lowest BCUT2D eigenvalue weighted by molar-refractivity contribution is -0.127. The van der Waals surface area contributed by atoms with Crippen molar-refractivity contribution in [3.8, 4) is 0 Å². The number of carbonyl (C=O) groups excluding carboxylic acids is 1. The molecule has 0 radical (unpaired) electrons. The van der Waals surface area contributed by atoms with Gasteiger partial charge in [-0.05, 0) is 39.2 Å². The molecule has 0 aliphatic heterocycles. The molecule has 1 aliphatic rings. The van der Waals surface area contributed by atoms with Crippen molar-refractivity contribution in [1.82, 2.24) is 5.32 Å². The average Bonchev–Trinajstić information content (AvgIpc) is 2.23. The number of amides is 1. The zero-order valence-corrected chi connectivity index (χ0v) is 10.3. The molecule has 1 aliphatic carbocycles. The van der Waals surface area contributed by atoms with E-state index in [0.29, 0.717) is 5.56 Å². The molecule has 1 aromatic carbocycles. The van der Waals surface area contributed by atoms with Crippen LogP contribution in [-0.2, 0) is 10.2 Å². The van der Waals surface area contributed by atoms with Crippen molar-refractivity contribution < 1.29 is 9.18 Å². The van der Waals surface area contributed by atoms with E-state index in [1.807, 2.05) is 0 Å². The van der Waals surface area contributed by atoms with E-state index in [1.165, 1.54) is 12.5 Å². The van der Waals surface area contributed by atoms with Gasteiger partial charge < -0.3 is 5.32 Å². The first kappa shape index (κ1) is 12.1. The van der Waals surface area contributed by atoms with Crippen LogP contribution < -0.4 is 5.32 Å². The molecule has 0 spiro atoms. The van der Waals surface area contributed by atoms with Crippen molar-refractivity contribution in [3.05, 3.63) is 35.6 Å². The van der Waals surface area contributed by atoms with E-state index < -0.39 is 5.41 Å². The monoisotopic (exact) mass is 235 g/mol. The van der Waals surface area contributed by atoms with Crippen LogP contribution in [-0.4, -0.2) is 11.9 Å². The smallest absolute Gasteiger partial charge is 0.230 e. The summed E-state index contributed by atoms with van der Waals surface area (Å²) < 4.78 is 13.7. The minimum atomic E-state index is -0.819. The van der Waals surface area contributed by atoms with Crippen LogP contribution >= 0.6 is 0 Å². The van der Waals surface area contributed by atoms with Gasteiger partial charge in [0.1, 0.15) is 5.82 Å². The molecule has 1 N–H and O–H groups in total. The van der Waals surface area contributed by atoms with E-state index in [1.54, 1.807) is 32.0 Å². The fourth-order valence-corrected chi connectivity index (χ4v) is 2.01. The van der Waals surface area contributed by atoms with Crippen molar-refractivity contribution in [2.75, 3.05) is 0 Å². The molecule has 0 heterocycles. The fraction of sp³-hybridized carbons (Fsp3) is 0.500. The van der Waals surface area contributed by atoms with Gasteiger partial charge in [-0.2, -0.15) is 0 Å². The van der Waals surface area contributed by atoms with Crippen LogP contribution in [0.25, 0.3) is 0 Å². The fourth-order valence-electron chi connectivity index (χ4n) is 2.01. The van der Waals surface area contributed by atoms with Crippen LogP contribution in [0.4, 0.5) is 4.39 Å². The molecule has 1 saturated carbocycles. The zero-order valence-electron chi connectivity index (χ0n) is 10.3. The van der Waals surface area contributed by atoms with Gasteiger partial charge in [-0.3, -0.25) is 4.79 Å². The average molecular weight is 235 g/mol. The van der Waals surface area contributed by atoms with Gasteiger partial charge in [-0.15, -0.1) is 0 Å². The van der Waals surface area contributed by atoms with Gasteiger partial charge in [-0.1, -0.05) is 18.2 Å². The number of benzene rings is 1. The molecule has 0 bridgehead atoms. The summed E-state index contributed by atoms with van der Waals surface area (Å²) in [6.45, 7) is 3.53. The number of rotatable bonds is 3. The van der Waals surface area contributed by atoms with E-state index in [2.05, 4.69) is 5.32 Å². The molecule has 1 amide bonds. The molecule has 0 unspecified atom stereocenters. The molecule has 0 saturated heterocycles. The topological polar surface area (TPSA) is 29.1 Å². The molecular formula is C14H18FNO. The minimum Gasteiger partial charge on any atom is -0.353 e. The quantitative estimate of drug-likeness (QED) is 0.857. The summed E-state index contributed by atoms with van der Waals surface area (Å²) >= 11 is 0. The number of carbonyl (C=O) groups is 1. The Labute approximate surface area is 101 Å². The van der Waals surface area contributed by atoms with Gasteiger partial charge in [0.05, 0.1) is 5.41 Å². The molecule has 0 aromatic heterocycles. The molecule has 3 heteroatoms. The van der Waals surface area contributed by atoms with Gasteiger partial charge >= 0.3 is 0 Å². The van der Waals surface area contributed by atoms with E-state index in [9.17, 15) is 9.18 Å². The molecule has 92 valence electrons. The van der Waals surface area contributed by atoms with Crippen LogP contribution in [0.1, 0.15) is 38.7 Å². The summed E-state index contributed by atoms with van der Waals surface area (Å²) in [5.41, 5.74) is -0.363. The summed E-state index contributed by atoms with van der Waals surface area (Å²) in [7, 11) is 0. The second-order valence-corrected chi connectivity index (χ2v) is 5.21. The Morgan fingerprint density at radius 2 is 2.00 bits per heavy atom. The van der Waals surface area contributed by atoms with Crippen LogP contribution in [0.3, 0.4) is 0 Å². The van der Waals surface area contributed by atoms with Crippen LogP contribution in [0, 0.1) is 5.82 Å². The number of halogens is 1. The highest BCUT2D eigenvalue weighted by molar-refractivity contribution is 5.87. The van der Waals surface area contributed by atoms with Gasteiger partial charge in [0.2, 0.25) is 5.91 Å². The predicted octanol–water partition coefficient (Wildman–Crippen LogP) is 2.77. The maximum Gasteiger partial charge on any atom is 0.230 e. The van der Waals surface area contributed by atoms with Crippen molar-refractivity contribution in [1.29, 1.82) is 0 Å². The van der Waals surface area contributed by atoms with Gasteiger partial charge in [0, 0.05) is 11.6 Å². The lowest BCUT2D eigenvalue weighted by Crippen LogP contribution is -2.47. The van der Waals surface area contributed by atoms with Crippen LogP contribution in [0.15, 0.2) is 24.3 Å². The first-order valence-electron chi connectivity index (χ1n) is 6.08. The Morgan fingerprint density at radius 1 is 1.35 bits per heavy atom. The third-order valence-electron chi connectivity index (χ3n) is 3.56. The maximum absolute atomic E-state index is 13.7. The number of nitrogens with one attached hydrogen (secondary N) is 1. The van der Waals surface area contributed by atoms with Crippen molar-refractivity contribution in [2.45, 2.75) is 44.6 Å². The third-order valence-corrected chi connectivity index (χ3v) is 3.56. The Balaban J connectivity index is 2.16. The Kier molecular flexibility index (Phi) is 3.18. The molecule has 2 nitrogen and oxygen atoms in total. The summed E-state index contributed by atoms with van der Waals surface area (Å²) in [6.07, 6.45) is 3.25. The van der Waals surface area contributed by atoms with E-state index in [-0.39, 0.29) is 17.8 Å². The van der Waals surface area contributed by atoms with E-state index in [4.69, 9.17) is 0 Å². The molecule has 1 fully saturated rings. The van der Waals surface area contributed by atoms with Gasteiger partial charge in [-0.25, -0.2) is 4.39 Å². The first-order chi connectivity index (χ1) is 8.01. The highest BCUT2D eigenvalue weighted by Crippen LogP contribution is 2.27. The highest BCUT2D eigenvalue weighted by atomic mass is 19.1. The SMILES string of the molecule is CC(C)(C(=O)NC1CCC1)c1ccccc1F. The van der Waals surface area contributed by atoms with Crippen molar-refractivity contribution >= 4 is 5.91 Å². The second-order valence-electron chi connectivity index (χ2n) is 5.21. The van der Waals surface area contributed by atoms with Crippen molar-refractivity contribution in [2.24, 2.45) is 0 Å². The summed E-state index contributed by atoms with van der Waals surface area (Å²) in [6, 6.07) is 6.76. The maximum atomic E-state index is 13.7. The lowest BCUT2D eigenvalue weighted by atomic mass is 9.82. The second kappa shape index (κ2) is 4.47. The standard InChI is InChI=1S/C14H18FNO/c1-14(2,11-8-3-4-9-12(11)15)13(17)16-10-6-5-7-10/h3-4,8-10H,5-7H2,1-2H3,(H,16,17). The molecule has 0 atom stereocenters. The van der Waals surface area contributed by atoms with E-state index >= 15 is 0 Å². The number of hydrogen-bond acceptors (Lipinski definition) is 1. The van der Waals surface area contributed by atoms with Gasteiger partial charge in [0.15, 0.2) is 0 Å². The summed E-state index contributed by atoms with van der Waals surface area (Å²) in [4.78, 5) is 12.1. The Bertz CT molecular complexity index is 424. The summed E-state index contributed by atoms with van der Waals surface area (Å²) in [5.74, 6) is -0.409. The molecule has 1 aromatic rings. The zero-order chi connectivity index (χ0) is 12.5. The van der Waals surface area contributed by atoms with Crippen molar-refractivity contribution in [3.63, 3.8) is 0 Å². The highest BCUT2D eigenvalue weighted by Gasteiger charge is 2.34. The predicted molar refractivity (Wildman–Crippen MR) is 65.2 cm³/mol. The molecular weight excluding hydrogens is 217 g/mol. The van der Waals surface area contributed by atoms with Crippen LogP contribution in [0.2, 0.25) is 0 Å². The minimum absolute atomic E-state index is 0.0905. The molecule has 17 heavy (non-hydrogen) atoms. The van der Waals surface area contributed by atoms with E-state index in [0.717, 1.165) is 12.8 Å². The Morgan fingerprint density at radius 3 is 2.53 bits per heavy atom. The largest absolute Gasteiger partial charge is 0.353 e. The van der Waals surface area contributed by atoms with Crippen LogP contribution in [0.5, 0.6) is 0 Å². The third kappa shape index (κ3) is 2.33. The first-order valence-corrected chi connectivity index (χ1v) is 6.08. The molecule has 2 rings (SSSR count). The van der Waals surface area contributed by atoms with Gasteiger partial charge in [0.25, 0.3) is 0 Å².